The van der Waals surface area contributed by atoms with E-state index in [1.807, 2.05) is 25.1 Å². The molecule has 26 heavy (non-hydrogen) atoms. The van der Waals surface area contributed by atoms with Crippen LogP contribution in [-0.4, -0.2) is 24.5 Å². The highest BCUT2D eigenvalue weighted by atomic mass is 16.5. The van der Waals surface area contributed by atoms with E-state index in [1.165, 1.54) is 6.42 Å². The van der Waals surface area contributed by atoms with Gasteiger partial charge in [-0.2, -0.15) is 0 Å². The molecule has 2 fully saturated rings. The van der Waals surface area contributed by atoms with Gasteiger partial charge in [-0.3, -0.25) is 9.59 Å². The van der Waals surface area contributed by atoms with Gasteiger partial charge in [-0.05, 0) is 62.1 Å². The van der Waals surface area contributed by atoms with Crippen molar-refractivity contribution in [3.8, 4) is 5.75 Å². The number of nitrogens with one attached hydrogen (secondary N) is 2. The average Bonchev–Trinajstić information content (AvgIpc) is 2.60. The molecule has 4 N–H and O–H groups in total. The van der Waals surface area contributed by atoms with Crippen LogP contribution in [0.15, 0.2) is 18.2 Å². The first kappa shape index (κ1) is 17.3. The van der Waals surface area contributed by atoms with Crippen LogP contribution in [0, 0.1) is 17.8 Å². The van der Waals surface area contributed by atoms with Gasteiger partial charge in [0.1, 0.15) is 5.75 Å². The lowest BCUT2D eigenvalue weighted by molar-refractivity contribution is -0.128. The van der Waals surface area contributed by atoms with Crippen LogP contribution in [0.1, 0.15) is 50.6 Å². The third-order valence-corrected chi connectivity index (χ3v) is 6.28. The van der Waals surface area contributed by atoms with Crippen molar-refractivity contribution < 1.29 is 14.3 Å². The molecule has 0 aromatic heterocycles. The first-order chi connectivity index (χ1) is 12.5. The molecule has 4 rings (SSSR count). The molecular formula is C20H27N3O3. The van der Waals surface area contributed by atoms with Crippen LogP contribution in [0.3, 0.4) is 0 Å². The second-order valence-corrected chi connectivity index (χ2v) is 8.02. The first-order valence-electron chi connectivity index (χ1n) is 9.64. The Morgan fingerprint density at radius 1 is 1.31 bits per heavy atom. The summed E-state index contributed by atoms with van der Waals surface area (Å²) in [6.07, 6.45) is 5.37. The minimum Gasteiger partial charge on any atom is -0.482 e. The predicted molar refractivity (Wildman–Crippen MR) is 98.7 cm³/mol. The van der Waals surface area contributed by atoms with Crippen molar-refractivity contribution in [2.24, 2.45) is 23.5 Å². The fourth-order valence-electron chi connectivity index (χ4n) is 4.79. The molecule has 1 heterocycles. The van der Waals surface area contributed by atoms with Gasteiger partial charge in [-0.1, -0.05) is 12.5 Å². The minimum absolute atomic E-state index is 0.0464. The summed E-state index contributed by atoms with van der Waals surface area (Å²) < 4.78 is 5.39. The Labute approximate surface area is 153 Å². The van der Waals surface area contributed by atoms with Crippen LogP contribution in [0.5, 0.6) is 5.75 Å². The quantitative estimate of drug-likeness (QED) is 0.774. The van der Waals surface area contributed by atoms with Gasteiger partial charge in [0.2, 0.25) is 5.91 Å². The average molecular weight is 357 g/mol. The van der Waals surface area contributed by atoms with Gasteiger partial charge < -0.3 is 21.1 Å². The van der Waals surface area contributed by atoms with E-state index in [0.29, 0.717) is 23.3 Å². The molecule has 0 spiro atoms. The maximum Gasteiger partial charge on any atom is 0.262 e. The zero-order valence-corrected chi connectivity index (χ0v) is 15.2. The van der Waals surface area contributed by atoms with E-state index in [1.54, 1.807) is 0 Å². The Hall–Kier alpha value is -2.08. The summed E-state index contributed by atoms with van der Waals surface area (Å²) in [5.41, 5.74) is 7.96. The van der Waals surface area contributed by atoms with Crippen molar-refractivity contribution in [3.63, 3.8) is 0 Å². The van der Waals surface area contributed by atoms with Gasteiger partial charge >= 0.3 is 0 Å². The van der Waals surface area contributed by atoms with E-state index < -0.39 is 0 Å². The highest BCUT2D eigenvalue weighted by Gasteiger charge is 2.40. The molecule has 2 bridgehead atoms. The summed E-state index contributed by atoms with van der Waals surface area (Å²) in [6, 6.07) is 5.81. The summed E-state index contributed by atoms with van der Waals surface area (Å²) in [4.78, 5) is 24.3. The van der Waals surface area contributed by atoms with Gasteiger partial charge in [0, 0.05) is 12.0 Å². The Balaban J connectivity index is 1.42. The van der Waals surface area contributed by atoms with Gasteiger partial charge in [0.25, 0.3) is 5.91 Å². The molecule has 3 atom stereocenters. The first-order valence-corrected chi connectivity index (χ1v) is 9.64. The standard InChI is InChI=1S/C20H27N3O3/c1-11(12-5-6-17-16(9-12)23-18(24)10-26-17)22-20(25)15-7-13-3-2-4-14(8-15)19(13)21/h5-6,9,11,13-15,19H,2-4,7-8,10,21H2,1H3,(H,22,25)(H,23,24). The lowest BCUT2D eigenvalue weighted by Gasteiger charge is -2.43. The second-order valence-electron chi connectivity index (χ2n) is 8.02. The fraction of sp³-hybridized carbons (Fsp3) is 0.600. The van der Waals surface area contributed by atoms with E-state index in [-0.39, 0.29) is 36.4 Å². The minimum atomic E-state index is -0.156. The summed E-state index contributed by atoms with van der Waals surface area (Å²) in [5.74, 6) is 1.68. The van der Waals surface area contributed by atoms with Crippen molar-refractivity contribution in [1.29, 1.82) is 0 Å². The normalized spacial score (nSPS) is 31.2. The van der Waals surface area contributed by atoms with Crippen LogP contribution in [-0.2, 0) is 9.59 Å². The van der Waals surface area contributed by atoms with Crippen LogP contribution < -0.4 is 21.1 Å². The van der Waals surface area contributed by atoms with Gasteiger partial charge in [-0.25, -0.2) is 0 Å². The molecule has 0 saturated heterocycles. The number of hydrogen-bond acceptors (Lipinski definition) is 4. The Kier molecular flexibility index (Phi) is 4.61. The van der Waals surface area contributed by atoms with Gasteiger partial charge in [0.05, 0.1) is 11.7 Å². The number of anilines is 1. The van der Waals surface area contributed by atoms with Crippen molar-refractivity contribution in [2.45, 2.75) is 51.1 Å². The Morgan fingerprint density at radius 3 is 2.77 bits per heavy atom. The van der Waals surface area contributed by atoms with E-state index in [2.05, 4.69) is 10.6 Å². The second kappa shape index (κ2) is 6.91. The number of carbonyl (C=O) groups is 2. The Bertz CT molecular complexity index is 706. The molecule has 0 radical (unpaired) electrons. The van der Waals surface area contributed by atoms with Crippen LogP contribution in [0.2, 0.25) is 0 Å². The molecule has 6 heteroatoms. The number of ether oxygens (including phenoxy) is 1. The molecule has 140 valence electrons. The third-order valence-electron chi connectivity index (χ3n) is 6.28. The van der Waals surface area contributed by atoms with Crippen molar-refractivity contribution in [3.05, 3.63) is 23.8 Å². The largest absolute Gasteiger partial charge is 0.482 e. The molecule has 1 aromatic rings. The molecule has 2 amide bonds. The fourth-order valence-corrected chi connectivity index (χ4v) is 4.79. The van der Waals surface area contributed by atoms with Crippen molar-refractivity contribution >= 4 is 17.5 Å². The van der Waals surface area contributed by atoms with Crippen LogP contribution >= 0.6 is 0 Å². The van der Waals surface area contributed by atoms with Crippen LogP contribution in [0.25, 0.3) is 0 Å². The monoisotopic (exact) mass is 357 g/mol. The molecule has 2 saturated carbocycles. The highest BCUT2D eigenvalue weighted by Crippen LogP contribution is 2.42. The number of hydrogen-bond donors (Lipinski definition) is 3. The maximum atomic E-state index is 12.8. The summed E-state index contributed by atoms with van der Waals surface area (Å²) in [7, 11) is 0. The number of benzene rings is 1. The van der Waals surface area contributed by atoms with Crippen molar-refractivity contribution in [1.82, 2.24) is 5.32 Å². The lowest BCUT2D eigenvalue weighted by atomic mass is 9.65. The summed E-state index contributed by atoms with van der Waals surface area (Å²) in [5, 5.41) is 5.97. The molecule has 3 aliphatic rings. The number of rotatable bonds is 3. The molecule has 3 unspecified atom stereocenters. The topological polar surface area (TPSA) is 93.5 Å². The summed E-state index contributed by atoms with van der Waals surface area (Å²) >= 11 is 0. The number of fused-ring (bicyclic) bond motifs is 3. The van der Waals surface area contributed by atoms with Crippen molar-refractivity contribution in [2.75, 3.05) is 11.9 Å². The highest BCUT2D eigenvalue weighted by molar-refractivity contribution is 5.95. The zero-order chi connectivity index (χ0) is 18.3. The molecule has 2 aliphatic carbocycles. The van der Waals surface area contributed by atoms with Crippen LogP contribution in [0.4, 0.5) is 5.69 Å². The zero-order valence-electron chi connectivity index (χ0n) is 15.2. The molecule has 1 aromatic carbocycles. The number of amides is 2. The van der Waals surface area contributed by atoms with E-state index >= 15 is 0 Å². The third kappa shape index (κ3) is 3.30. The lowest BCUT2D eigenvalue weighted by Crippen LogP contribution is -2.49. The SMILES string of the molecule is CC(NC(=O)C1CC2CCCC(C1)C2N)c1ccc2c(c1)NC(=O)CO2. The number of nitrogens with two attached hydrogens (primary N) is 1. The van der Waals surface area contributed by atoms with Gasteiger partial charge in [-0.15, -0.1) is 0 Å². The summed E-state index contributed by atoms with van der Waals surface area (Å²) in [6.45, 7) is 2.02. The smallest absolute Gasteiger partial charge is 0.262 e. The van der Waals surface area contributed by atoms with E-state index in [9.17, 15) is 9.59 Å². The molecular weight excluding hydrogens is 330 g/mol. The predicted octanol–water partition coefficient (Wildman–Crippen LogP) is 2.35. The van der Waals surface area contributed by atoms with Gasteiger partial charge in [0.15, 0.2) is 6.61 Å². The maximum absolute atomic E-state index is 12.8. The van der Waals surface area contributed by atoms with E-state index in [0.717, 1.165) is 31.2 Å². The molecule has 1 aliphatic heterocycles. The number of carbonyl (C=O) groups excluding carboxylic acids is 2. The Morgan fingerprint density at radius 2 is 2.04 bits per heavy atom. The molecule has 6 nitrogen and oxygen atoms in total. The van der Waals surface area contributed by atoms with E-state index in [4.69, 9.17) is 10.5 Å².